The molecule has 1 aromatic carbocycles. The molecule has 0 aromatic heterocycles. The number of nitrogens with zero attached hydrogens (tertiary/aromatic N) is 2. The lowest BCUT2D eigenvalue weighted by Crippen LogP contribution is -2.42. The van der Waals surface area contributed by atoms with Crippen LogP contribution >= 0.6 is 0 Å². The molecule has 1 saturated heterocycles. The van der Waals surface area contributed by atoms with Gasteiger partial charge in [-0.15, -0.1) is 0 Å². The summed E-state index contributed by atoms with van der Waals surface area (Å²) in [7, 11) is -2.21. The predicted molar refractivity (Wildman–Crippen MR) is 107 cm³/mol. The molecule has 158 valence electrons. The van der Waals surface area contributed by atoms with Gasteiger partial charge in [-0.1, -0.05) is 6.92 Å². The maximum absolute atomic E-state index is 12.9. The second kappa shape index (κ2) is 10.8. The average molecular weight is 414 g/mol. The van der Waals surface area contributed by atoms with E-state index in [2.05, 4.69) is 10.2 Å². The summed E-state index contributed by atoms with van der Waals surface area (Å²) in [5.41, 5.74) is 0.729. The average Bonchev–Trinajstić information content (AvgIpc) is 2.70. The van der Waals surface area contributed by atoms with Crippen molar-refractivity contribution in [1.82, 2.24) is 14.5 Å². The second-order valence-electron chi connectivity index (χ2n) is 6.72. The Bertz CT molecular complexity index is 748. The monoisotopic (exact) mass is 413 g/mol. The highest BCUT2D eigenvalue weighted by Gasteiger charge is 2.25. The van der Waals surface area contributed by atoms with Gasteiger partial charge < -0.3 is 14.8 Å². The summed E-state index contributed by atoms with van der Waals surface area (Å²) in [6.45, 7) is 8.28. The molecule has 0 saturated carbocycles. The molecule has 1 aliphatic rings. The molecule has 0 spiro atoms. The van der Waals surface area contributed by atoms with Crippen molar-refractivity contribution in [2.45, 2.75) is 25.2 Å². The van der Waals surface area contributed by atoms with Gasteiger partial charge >= 0.3 is 0 Å². The first-order chi connectivity index (χ1) is 13.4. The summed E-state index contributed by atoms with van der Waals surface area (Å²) in [5, 5.41) is 2.82. The van der Waals surface area contributed by atoms with E-state index < -0.39 is 10.0 Å². The summed E-state index contributed by atoms with van der Waals surface area (Å²) in [4.78, 5) is 14.7. The van der Waals surface area contributed by atoms with Crippen LogP contribution in [-0.4, -0.2) is 83.1 Å². The van der Waals surface area contributed by atoms with E-state index in [-0.39, 0.29) is 23.9 Å². The van der Waals surface area contributed by atoms with E-state index in [0.717, 1.165) is 44.8 Å². The minimum Gasteiger partial charge on any atom is -0.496 e. The Labute approximate surface area is 167 Å². The molecule has 1 fully saturated rings. The number of carbonyl (C=O) groups excluding carboxylic acids is 1. The number of hydrogen-bond acceptors (Lipinski definition) is 6. The number of sulfonamides is 1. The first kappa shape index (κ1) is 22.6. The number of amides is 1. The SMILES string of the molecule is CCN(CC(=O)NCCCN1CCOCC1)S(=O)(=O)c1ccc(OC)c(C)c1. The standard InChI is InChI=1S/C19H31N3O5S/c1-4-22(28(24,25)17-6-7-18(26-3)16(2)14-17)15-19(23)20-8-5-9-21-10-12-27-13-11-21/h6-7,14H,4-5,8-13,15H2,1-3H3,(H,20,23). The van der Waals surface area contributed by atoms with Crippen molar-refractivity contribution in [1.29, 1.82) is 0 Å². The lowest BCUT2D eigenvalue weighted by molar-refractivity contribution is -0.121. The van der Waals surface area contributed by atoms with Gasteiger partial charge in [0.1, 0.15) is 5.75 Å². The third kappa shape index (κ3) is 6.16. The number of benzene rings is 1. The Hall–Kier alpha value is -1.68. The predicted octanol–water partition coefficient (Wildman–Crippen LogP) is 0.853. The number of ether oxygens (including phenoxy) is 2. The first-order valence-electron chi connectivity index (χ1n) is 9.60. The lowest BCUT2D eigenvalue weighted by Gasteiger charge is -2.26. The van der Waals surface area contributed by atoms with Crippen LogP contribution in [0.1, 0.15) is 18.9 Å². The van der Waals surface area contributed by atoms with Crippen molar-refractivity contribution >= 4 is 15.9 Å². The normalized spacial score (nSPS) is 15.6. The Kier molecular flexibility index (Phi) is 8.68. The molecular weight excluding hydrogens is 382 g/mol. The molecule has 1 heterocycles. The van der Waals surface area contributed by atoms with Gasteiger partial charge in [-0.2, -0.15) is 4.31 Å². The number of morpholine rings is 1. The van der Waals surface area contributed by atoms with Crippen LogP contribution in [0.15, 0.2) is 23.1 Å². The maximum Gasteiger partial charge on any atom is 0.243 e. The molecule has 1 aromatic rings. The van der Waals surface area contributed by atoms with Gasteiger partial charge in [0.05, 0.1) is 31.8 Å². The number of aryl methyl sites for hydroxylation is 1. The quantitative estimate of drug-likeness (QED) is 0.572. The van der Waals surface area contributed by atoms with Crippen LogP contribution in [0, 0.1) is 6.92 Å². The van der Waals surface area contributed by atoms with Crippen molar-refractivity contribution in [2.75, 3.05) is 59.6 Å². The molecule has 1 amide bonds. The van der Waals surface area contributed by atoms with Crippen molar-refractivity contribution in [3.8, 4) is 5.75 Å². The number of rotatable bonds is 10. The largest absolute Gasteiger partial charge is 0.496 e. The third-order valence-electron chi connectivity index (χ3n) is 4.75. The maximum atomic E-state index is 12.9. The fourth-order valence-electron chi connectivity index (χ4n) is 3.10. The topological polar surface area (TPSA) is 88.2 Å². The zero-order valence-electron chi connectivity index (χ0n) is 16.9. The lowest BCUT2D eigenvalue weighted by atomic mass is 10.2. The Morgan fingerprint density at radius 3 is 2.64 bits per heavy atom. The minimum atomic E-state index is -3.75. The second-order valence-corrected chi connectivity index (χ2v) is 8.66. The van der Waals surface area contributed by atoms with Gasteiger partial charge in [0.15, 0.2) is 0 Å². The van der Waals surface area contributed by atoms with Crippen molar-refractivity contribution < 1.29 is 22.7 Å². The summed E-state index contributed by atoms with van der Waals surface area (Å²) in [5.74, 6) is 0.331. The smallest absolute Gasteiger partial charge is 0.243 e. The van der Waals surface area contributed by atoms with Crippen LogP contribution in [0.3, 0.4) is 0 Å². The molecule has 0 unspecified atom stereocenters. The summed E-state index contributed by atoms with van der Waals surface area (Å²) < 4.78 is 37.4. The molecule has 2 rings (SSSR count). The molecule has 0 bridgehead atoms. The molecule has 1 aliphatic heterocycles. The Balaban J connectivity index is 1.87. The van der Waals surface area contributed by atoms with E-state index in [0.29, 0.717) is 12.3 Å². The van der Waals surface area contributed by atoms with Crippen LogP contribution in [0.5, 0.6) is 5.75 Å². The van der Waals surface area contributed by atoms with Crippen molar-refractivity contribution in [3.63, 3.8) is 0 Å². The number of nitrogens with one attached hydrogen (secondary N) is 1. The zero-order valence-corrected chi connectivity index (χ0v) is 17.8. The van der Waals surface area contributed by atoms with Crippen LogP contribution in [0.4, 0.5) is 0 Å². The van der Waals surface area contributed by atoms with Gasteiger partial charge in [-0.05, 0) is 43.7 Å². The highest BCUT2D eigenvalue weighted by molar-refractivity contribution is 7.89. The first-order valence-corrected chi connectivity index (χ1v) is 11.0. The molecular formula is C19H31N3O5S. The molecule has 28 heavy (non-hydrogen) atoms. The van der Waals surface area contributed by atoms with Gasteiger partial charge in [0, 0.05) is 26.2 Å². The molecule has 9 heteroatoms. The molecule has 0 radical (unpaired) electrons. The highest BCUT2D eigenvalue weighted by atomic mass is 32.2. The number of methoxy groups -OCH3 is 1. The fourth-order valence-corrected chi connectivity index (χ4v) is 4.59. The van der Waals surface area contributed by atoms with Crippen LogP contribution in [-0.2, 0) is 19.6 Å². The van der Waals surface area contributed by atoms with Gasteiger partial charge in [0.2, 0.25) is 15.9 Å². The number of hydrogen-bond donors (Lipinski definition) is 1. The van der Waals surface area contributed by atoms with E-state index in [4.69, 9.17) is 9.47 Å². The van der Waals surface area contributed by atoms with Crippen LogP contribution in [0.2, 0.25) is 0 Å². The van der Waals surface area contributed by atoms with E-state index in [1.165, 1.54) is 17.5 Å². The summed E-state index contributed by atoms with van der Waals surface area (Å²) in [6, 6.07) is 4.70. The molecule has 0 atom stereocenters. The van der Waals surface area contributed by atoms with E-state index in [1.807, 2.05) is 0 Å². The molecule has 0 aliphatic carbocycles. The van der Waals surface area contributed by atoms with Gasteiger partial charge in [-0.3, -0.25) is 9.69 Å². The Morgan fingerprint density at radius 1 is 1.32 bits per heavy atom. The van der Waals surface area contributed by atoms with Gasteiger partial charge in [0.25, 0.3) is 0 Å². The summed E-state index contributed by atoms with van der Waals surface area (Å²) in [6.07, 6.45) is 0.822. The molecule has 1 N–H and O–H groups in total. The highest BCUT2D eigenvalue weighted by Crippen LogP contribution is 2.23. The zero-order chi connectivity index (χ0) is 20.6. The number of carbonyl (C=O) groups is 1. The van der Waals surface area contributed by atoms with Crippen LogP contribution in [0.25, 0.3) is 0 Å². The van der Waals surface area contributed by atoms with E-state index in [9.17, 15) is 13.2 Å². The van der Waals surface area contributed by atoms with Crippen molar-refractivity contribution in [3.05, 3.63) is 23.8 Å². The minimum absolute atomic E-state index is 0.160. The van der Waals surface area contributed by atoms with Crippen molar-refractivity contribution in [2.24, 2.45) is 0 Å². The van der Waals surface area contributed by atoms with Crippen LogP contribution < -0.4 is 10.1 Å². The third-order valence-corrected chi connectivity index (χ3v) is 6.67. The fraction of sp³-hybridized carbons (Fsp3) is 0.632. The summed E-state index contributed by atoms with van der Waals surface area (Å²) >= 11 is 0. The molecule has 8 nitrogen and oxygen atoms in total. The number of likely N-dealkylation sites (N-methyl/N-ethyl adjacent to an activating group) is 1. The van der Waals surface area contributed by atoms with E-state index in [1.54, 1.807) is 26.0 Å². The Morgan fingerprint density at radius 2 is 2.04 bits per heavy atom. The van der Waals surface area contributed by atoms with Gasteiger partial charge in [-0.25, -0.2) is 8.42 Å². The van der Waals surface area contributed by atoms with E-state index >= 15 is 0 Å².